The van der Waals surface area contributed by atoms with E-state index >= 15 is 0 Å². The Morgan fingerprint density at radius 2 is 2.17 bits per heavy atom. The highest BCUT2D eigenvalue weighted by molar-refractivity contribution is 7.92. The number of rotatable bonds is 5. The first kappa shape index (κ1) is 15.6. The Labute approximate surface area is 135 Å². The summed E-state index contributed by atoms with van der Waals surface area (Å²) in [5, 5.41) is 2.80. The van der Waals surface area contributed by atoms with Crippen LogP contribution >= 0.6 is 0 Å². The SMILES string of the molecule is CS(=O)(=O)N1CCc2ccc(NC(=O)CCc3ccco3)cc21. The van der Waals surface area contributed by atoms with E-state index in [4.69, 9.17) is 4.42 Å². The molecule has 2 aromatic rings. The molecule has 0 saturated carbocycles. The van der Waals surface area contributed by atoms with Crippen LogP contribution in [0.5, 0.6) is 0 Å². The largest absolute Gasteiger partial charge is 0.469 e. The maximum Gasteiger partial charge on any atom is 0.232 e. The summed E-state index contributed by atoms with van der Waals surface area (Å²) in [7, 11) is -3.29. The van der Waals surface area contributed by atoms with E-state index in [1.54, 1.807) is 24.5 Å². The molecular formula is C16H18N2O4S. The molecule has 0 atom stereocenters. The topological polar surface area (TPSA) is 79.6 Å². The highest BCUT2D eigenvalue weighted by atomic mass is 32.2. The minimum atomic E-state index is -3.29. The van der Waals surface area contributed by atoms with Crippen molar-refractivity contribution in [1.29, 1.82) is 0 Å². The van der Waals surface area contributed by atoms with Gasteiger partial charge in [0.25, 0.3) is 0 Å². The van der Waals surface area contributed by atoms with Crippen LogP contribution in [0.15, 0.2) is 41.0 Å². The van der Waals surface area contributed by atoms with Crippen LogP contribution in [0.25, 0.3) is 0 Å². The van der Waals surface area contributed by atoms with E-state index in [0.29, 0.717) is 37.2 Å². The Morgan fingerprint density at radius 3 is 2.87 bits per heavy atom. The molecule has 122 valence electrons. The average Bonchev–Trinajstić information content (AvgIpc) is 3.13. The van der Waals surface area contributed by atoms with Gasteiger partial charge in [0.15, 0.2) is 0 Å². The number of hydrogen-bond acceptors (Lipinski definition) is 4. The Kier molecular flexibility index (Phi) is 4.12. The second-order valence-electron chi connectivity index (χ2n) is 5.56. The fourth-order valence-electron chi connectivity index (χ4n) is 2.69. The van der Waals surface area contributed by atoms with Crippen LogP contribution < -0.4 is 9.62 Å². The Balaban J connectivity index is 1.68. The molecule has 1 aliphatic heterocycles. The smallest absolute Gasteiger partial charge is 0.232 e. The van der Waals surface area contributed by atoms with Crippen LogP contribution in [-0.2, 0) is 27.7 Å². The second kappa shape index (κ2) is 6.08. The molecule has 1 aromatic carbocycles. The van der Waals surface area contributed by atoms with E-state index in [-0.39, 0.29) is 5.91 Å². The van der Waals surface area contributed by atoms with Gasteiger partial charge in [-0.2, -0.15) is 0 Å². The molecule has 6 nitrogen and oxygen atoms in total. The van der Waals surface area contributed by atoms with Crippen LogP contribution in [0.4, 0.5) is 11.4 Å². The van der Waals surface area contributed by atoms with Gasteiger partial charge >= 0.3 is 0 Å². The van der Waals surface area contributed by atoms with E-state index < -0.39 is 10.0 Å². The lowest BCUT2D eigenvalue weighted by molar-refractivity contribution is -0.116. The molecule has 3 rings (SSSR count). The predicted octanol–water partition coefficient (Wildman–Crippen LogP) is 2.17. The third-order valence-electron chi connectivity index (χ3n) is 3.80. The van der Waals surface area contributed by atoms with Gasteiger partial charge in [-0.3, -0.25) is 9.10 Å². The van der Waals surface area contributed by atoms with Crippen LogP contribution in [0, 0.1) is 0 Å². The molecule has 1 N–H and O–H groups in total. The van der Waals surface area contributed by atoms with Crippen LogP contribution in [0.2, 0.25) is 0 Å². The molecule has 7 heteroatoms. The first-order chi connectivity index (χ1) is 10.9. The van der Waals surface area contributed by atoms with E-state index in [9.17, 15) is 13.2 Å². The molecule has 1 aliphatic rings. The molecule has 0 unspecified atom stereocenters. The minimum Gasteiger partial charge on any atom is -0.469 e. The molecule has 0 saturated heterocycles. The monoisotopic (exact) mass is 334 g/mol. The predicted molar refractivity (Wildman–Crippen MR) is 88.0 cm³/mol. The lowest BCUT2D eigenvalue weighted by atomic mass is 10.1. The Morgan fingerprint density at radius 1 is 1.35 bits per heavy atom. The van der Waals surface area contributed by atoms with Crippen molar-refractivity contribution in [3.8, 4) is 0 Å². The zero-order valence-corrected chi connectivity index (χ0v) is 13.6. The number of furan rings is 1. The van der Waals surface area contributed by atoms with E-state index in [1.807, 2.05) is 12.1 Å². The molecule has 0 spiro atoms. The fraction of sp³-hybridized carbons (Fsp3) is 0.312. The van der Waals surface area contributed by atoms with Gasteiger partial charge in [0.1, 0.15) is 5.76 Å². The lowest BCUT2D eigenvalue weighted by Gasteiger charge is -2.17. The second-order valence-corrected chi connectivity index (χ2v) is 7.46. The number of fused-ring (bicyclic) bond motifs is 1. The molecule has 0 aliphatic carbocycles. The van der Waals surface area contributed by atoms with E-state index in [1.165, 1.54) is 10.6 Å². The first-order valence-corrected chi connectivity index (χ1v) is 9.21. The molecule has 0 fully saturated rings. The van der Waals surface area contributed by atoms with Crippen molar-refractivity contribution >= 4 is 27.3 Å². The number of amides is 1. The van der Waals surface area contributed by atoms with Crippen LogP contribution in [-0.4, -0.2) is 27.1 Å². The van der Waals surface area contributed by atoms with E-state index in [0.717, 1.165) is 11.3 Å². The summed E-state index contributed by atoms with van der Waals surface area (Å²) < 4.78 is 30.2. The maximum absolute atomic E-state index is 12.0. The average molecular weight is 334 g/mol. The van der Waals surface area contributed by atoms with Gasteiger partial charge in [0.05, 0.1) is 18.2 Å². The summed E-state index contributed by atoms with van der Waals surface area (Å²) in [6.45, 7) is 0.448. The molecule has 1 aromatic heterocycles. The van der Waals surface area contributed by atoms with Gasteiger partial charge in [0, 0.05) is 25.1 Å². The number of carbonyl (C=O) groups is 1. The van der Waals surface area contributed by atoms with Crippen molar-refractivity contribution in [2.75, 3.05) is 22.4 Å². The van der Waals surface area contributed by atoms with Gasteiger partial charge in [-0.15, -0.1) is 0 Å². The van der Waals surface area contributed by atoms with Crippen molar-refractivity contribution in [1.82, 2.24) is 0 Å². The summed E-state index contributed by atoms with van der Waals surface area (Å²) >= 11 is 0. The minimum absolute atomic E-state index is 0.134. The Bertz CT molecular complexity index is 813. The number of anilines is 2. The highest BCUT2D eigenvalue weighted by Gasteiger charge is 2.26. The maximum atomic E-state index is 12.0. The first-order valence-electron chi connectivity index (χ1n) is 7.36. The lowest BCUT2D eigenvalue weighted by Crippen LogP contribution is -2.27. The van der Waals surface area contributed by atoms with Gasteiger partial charge in [-0.25, -0.2) is 8.42 Å². The normalized spacial score (nSPS) is 13.9. The number of sulfonamides is 1. The molecular weight excluding hydrogens is 316 g/mol. The molecule has 2 heterocycles. The van der Waals surface area contributed by atoms with Gasteiger partial charge in [-0.05, 0) is 36.2 Å². The summed E-state index contributed by atoms with van der Waals surface area (Å²) in [4.78, 5) is 12.0. The van der Waals surface area contributed by atoms with Crippen LogP contribution in [0.1, 0.15) is 17.7 Å². The number of hydrogen-bond donors (Lipinski definition) is 1. The number of benzene rings is 1. The summed E-state index contributed by atoms with van der Waals surface area (Å²) in [5.41, 5.74) is 2.23. The summed E-state index contributed by atoms with van der Waals surface area (Å²) in [6.07, 6.45) is 4.29. The van der Waals surface area contributed by atoms with Crippen molar-refractivity contribution in [2.45, 2.75) is 19.3 Å². The molecule has 1 amide bonds. The van der Waals surface area contributed by atoms with E-state index in [2.05, 4.69) is 5.32 Å². The summed E-state index contributed by atoms with van der Waals surface area (Å²) in [6, 6.07) is 8.99. The zero-order chi connectivity index (χ0) is 16.4. The molecule has 0 radical (unpaired) electrons. The molecule has 0 bridgehead atoms. The van der Waals surface area contributed by atoms with Gasteiger partial charge in [0.2, 0.25) is 15.9 Å². The third-order valence-corrected chi connectivity index (χ3v) is 4.98. The van der Waals surface area contributed by atoms with Crippen molar-refractivity contribution in [3.63, 3.8) is 0 Å². The van der Waals surface area contributed by atoms with Gasteiger partial charge in [-0.1, -0.05) is 6.07 Å². The summed E-state index contributed by atoms with van der Waals surface area (Å²) in [5.74, 6) is 0.627. The van der Waals surface area contributed by atoms with Gasteiger partial charge < -0.3 is 9.73 Å². The van der Waals surface area contributed by atoms with Crippen molar-refractivity contribution in [2.24, 2.45) is 0 Å². The third kappa shape index (κ3) is 3.56. The van der Waals surface area contributed by atoms with Crippen molar-refractivity contribution in [3.05, 3.63) is 47.9 Å². The standard InChI is InChI=1S/C16H18N2O4S/c1-23(20,21)18-9-8-12-4-5-13(11-15(12)18)17-16(19)7-6-14-3-2-10-22-14/h2-5,10-11H,6-9H2,1H3,(H,17,19). The number of nitrogens with one attached hydrogen (secondary N) is 1. The highest BCUT2D eigenvalue weighted by Crippen LogP contribution is 2.32. The number of carbonyl (C=O) groups excluding carboxylic acids is 1. The number of nitrogens with zero attached hydrogens (tertiary/aromatic N) is 1. The fourth-order valence-corrected chi connectivity index (χ4v) is 3.64. The quantitative estimate of drug-likeness (QED) is 0.909. The van der Waals surface area contributed by atoms with Crippen LogP contribution in [0.3, 0.4) is 0 Å². The zero-order valence-electron chi connectivity index (χ0n) is 12.8. The van der Waals surface area contributed by atoms with Crippen molar-refractivity contribution < 1.29 is 17.6 Å². The molecule has 23 heavy (non-hydrogen) atoms. The Hall–Kier alpha value is -2.28. The number of aryl methyl sites for hydroxylation is 1.